The minimum Gasteiger partial charge on any atom is -0.496 e. The van der Waals surface area contributed by atoms with Crippen molar-refractivity contribution >= 4 is 21.6 Å². The minimum atomic E-state index is -0.193. The van der Waals surface area contributed by atoms with Gasteiger partial charge in [0.15, 0.2) is 0 Å². The molecule has 106 valence electrons. The monoisotopic (exact) mass is 337 g/mol. The van der Waals surface area contributed by atoms with E-state index >= 15 is 0 Å². The highest BCUT2D eigenvalue weighted by Crippen LogP contribution is 2.28. The van der Waals surface area contributed by atoms with Crippen LogP contribution < -0.4 is 10.1 Å². The van der Waals surface area contributed by atoms with Crippen molar-refractivity contribution < 1.29 is 9.13 Å². The SMILES string of the molecule is COc1ccc(NC(C)Cc2cccc(F)c2)cc1Br. The zero-order valence-corrected chi connectivity index (χ0v) is 13.1. The van der Waals surface area contributed by atoms with Crippen molar-refractivity contribution in [3.63, 3.8) is 0 Å². The number of ether oxygens (including phenoxy) is 1. The number of anilines is 1. The number of hydrogen-bond acceptors (Lipinski definition) is 2. The van der Waals surface area contributed by atoms with Gasteiger partial charge in [0.2, 0.25) is 0 Å². The molecule has 0 saturated heterocycles. The first-order valence-corrected chi connectivity index (χ1v) is 7.22. The molecule has 2 aromatic rings. The lowest BCUT2D eigenvalue weighted by Crippen LogP contribution is -2.18. The lowest BCUT2D eigenvalue weighted by Gasteiger charge is -2.16. The van der Waals surface area contributed by atoms with Crippen molar-refractivity contribution in [1.82, 2.24) is 0 Å². The molecule has 1 atom stereocenters. The second-order valence-electron chi connectivity index (χ2n) is 4.73. The van der Waals surface area contributed by atoms with Gasteiger partial charge in [0, 0.05) is 11.7 Å². The largest absolute Gasteiger partial charge is 0.496 e. The summed E-state index contributed by atoms with van der Waals surface area (Å²) in [5.74, 6) is 0.607. The van der Waals surface area contributed by atoms with E-state index in [0.717, 1.165) is 27.9 Å². The molecule has 2 aromatic carbocycles. The van der Waals surface area contributed by atoms with Gasteiger partial charge in [-0.15, -0.1) is 0 Å². The molecular weight excluding hydrogens is 321 g/mol. The van der Waals surface area contributed by atoms with Gasteiger partial charge in [-0.1, -0.05) is 12.1 Å². The highest BCUT2D eigenvalue weighted by atomic mass is 79.9. The second-order valence-corrected chi connectivity index (χ2v) is 5.58. The molecule has 0 spiro atoms. The molecule has 0 bridgehead atoms. The highest BCUT2D eigenvalue weighted by Gasteiger charge is 2.06. The van der Waals surface area contributed by atoms with E-state index in [4.69, 9.17) is 4.74 Å². The maximum Gasteiger partial charge on any atom is 0.133 e. The molecular formula is C16H17BrFNO. The molecule has 0 aliphatic rings. The van der Waals surface area contributed by atoms with Crippen LogP contribution in [0.15, 0.2) is 46.9 Å². The smallest absolute Gasteiger partial charge is 0.133 e. The second kappa shape index (κ2) is 6.75. The fourth-order valence-corrected chi connectivity index (χ4v) is 2.65. The summed E-state index contributed by atoms with van der Waals surface area (Å²) >= 11 is 3.46. The van der Waals surface area contributed by atoms with E-state index in [2.05, 4.69) is 28.2 Å². The van der Waals surface area contributed by atoms with Crippen LogP contribution in [0.3, 0.4) is 0 Å². The normalized spacial score (nSPS) is 12.0. The lowest BCUT2D eigenvalue weighted by molar-refractivity contribution is 0.412. The van der Waals surface area contributed by atoms with E-state index in [1.54, 1.807) is 19.2 Å². The Balaban J connectivity index is 2.01. The van der Waals surface area contributed by atoms with Gasteiger partial charge in [0.1, 0.15) is 11.6 Å². The van der Waals surface area contributed by atoms with Crippen LogP contribution in [-0.4, -0.2) is 13.2 Å². The van der Waals surface area contributed by atoms with Crippen LogP contribution in [0.5, 0.6) is 5.75 Å². The summed E-state index contributed by atoms with van der Waals surface area (Å²) in [5, 5.41) is 3.39. The molecule has 0 heterocycles. The van der Waals surface area contributed by atoms with Crippen molar-refractivity contribution in [2.75, 3.05) is 12.4 Å². The third kappa shape index (κ3) is 3.97. The summed E-state index contributed by atoms with van der Waals surface area (Å²) in [4.78, 5) is 0. The van der Waals surface area contributed by atoms with Gasteiger partial charge in [0.25, 0.3) is 0 Å². The zero-order chi connectivity index (χ0) is 14.5. The van der Waals surface area contributed by atoms with Crippen molar-refractivity contribution in [2.24, 2.45) is 0 Å². The van der Waals surface area contributed by atoms with Gasteiger partial charge in [0.05, 0.1) is 11.6 Å². The number of benzene rings is 2. The Kier molecular flexibility index (Phi) is 5.01. The van der Waals surface area contributed by atoms with Gasteiger partial charge in [-0.2, -0.15) is 0 Å². The lowest BCUT2D eigenvalue weighted by atomic mass is 10.1. The third-order valence-corrected chi connectivity index (χ3v) is 3.62. The predicted molar refractivity (Wildman–Crippen MR) is 83.9 cm³/mol. The predicted octanol–water partition coefficient (Wildman–Crippen LogP) is 4.64. The average molecular weight is 338 g/mol. The van der Waals surface area contributed by atoms with E-state index in [1.165, 1.54) is 6.07 Å². The molecule has 4 heteroatoms. The van der Waals surface area contributed by atoms with E-state index in [1.807, 2.05) is 24.3 Å². The summed E-state index contributed by atoms with van der Waals surface area (Å²) in [6.45, 7) is 2.07. The molecule has 0 aliphatic heterocycles. The Morgan fingerprint density at radius 3 is 2.70 bits per heavy atom. The Labute approximate surface area is 127 Å². The topological polar surface area (TPSA) is 21.3 Å². The number of rotatable bonds is 5. The molecule has 20 heavy (non-hydrogen) atoms. The van der Waals surface area contributed by atoms with Gasteiger partial charge >= 0.3 is 0 Å². The van der Waals surface area contributed by atoms with Crippen molar-refractivity contribution in [2.45, 2.75) is 19.4 Å². The van der Waals surface area contributed by atoms with Crippen molar-refractivity contribution in [3.05, 3.63) is 58.3 Å². The van der Waals surface area contributed by atoms with E-state index in [-0.39, 0.29) is 11.9 Å². The van der Waals surface area contributed by atoms with E-state index < -0.39 is 0 Å². The Morgan fingerprint density at radius 2 is 2.05 bits per heavy atom. The summed E-state index contributed by atoms with van der Waals surface area (Å²) in [6, 6.07) is 12.8. The Hall–Kier alpha value is -1.55. The quantitative estimate of drug-likeness (QED) is 0.858. The summed E-state index contributed by atoms with van der Waals surface area (Å²) in [7, 11) is 1.64. The van der Waals surface area contributed by atoms with Crippen LogP contribution in [-0.2, 0) is 6.42 Å². The van der Waals surface area contributed by atoms with Gasteiger partial charge in [-0.05, 0) is 65.2 Å². The fraction of sp³-hybridized carbons (Fsp3) is 0.250. The molecule has 1 unspecified atom stereocenters. The van der Waals surface area contributed by atoms with Gasteiger partial charge in [-0.25, -0.2) is 4.39 Å². The van der Waals surface area contributed by atoms with Gasteiger partial charge < -0.3 is 10.1 Å². The molecule has 0 aromatic heterocycles. The van der Waals surface area contributed by atoms with Crippen LogP contribution in [0.2, 0.25) is 0 Å². The molecule has 0 aliphatic carbocycles. The van der Waals surface area contributed by atoms with Crippen LogP contribution >= 0.6 is 15.9 Å². The third-order valence-electron chi connectivity index (χ3n) is 3.00. The highest BCUT2D eigenvalue weighted by molar-refractivity contribution is 9.10. The van der Waals surface area contributed by atoms with Crippen molar-refractivity contribution in [1.29, 1.82) is 0 Å². The maximum atomic E-state index is 13.1. The molecule has 2 nitrogen and oxygen atoms in total. The van der Waals surface area contributed by atoms with Crippen LogP contribution in [0.1, 0.15) is 12.5 Å². The zero-order valence-electron chi connectivity index (χ0n) is 11.5. The number of nitrogens with one attached hydrogen (secondary N) is 1. The molecule has 0 amide bonds. The summed E-state index contributed by atoms with van der Waals surface area (Å²) < 4.78 is 19.2. The molecule has 0 radical (unpaired) electrons. The minimum absolute atomic E-state index is 0.193. The van der Waals surface area contributed by atoms with Crippen LogP contribution in [0, 0.1) is 5.82 Å². The van der Waals surface area contributed by atoms with E-state index in [0.29, 0.717) is 0 Å². The first kappa shape index (κ1) is 14.9. The molecule has 2 rings (SSSR count). The number of hydrogen-bond donors (Lipinski definition) is 1. The maximum absolute atomic E-state index is 13.1. The summed E-state index contributed by atoms with van der Waals surface area (Å²) in [5.41, 5.74) is 1.99. The number of methoxy groups -OCH3 is 1. The fourth-order valence-electron chi connectivity index (χ4n) is 2.11. The first-order valence-electron chi connectivity index (χ1n) is 6.43. The Morgan fingerprint density at radius 1 is 1.25 bits per heavy atom. The average Bonchev–Trinajstić information content (AvgIpc) is 2.38. The molecule has 0 saturated carbocycles. The first-order chi connectivity index (χ1) is 9.58. The molecule has 0 fully saturated rings. The van der Waals surface area contributed by atoms with Crippen molar-refractivity contribution in [3.8, 4) is 5.75 Å². The standard InChI is InChI=1S/C16H17BrFNO/c1-11(8-12-4-3-5-13(18)9-12)19-14-6-7-16(20-2)15(17)10-14/h3-7,9-11,19H,8H2,1-2H3. The van der Waals surface area contributed by atoms with Crippen LogP contribution in [0.4, 0.5) is 10.1 Å². The Bertz CT molecular complexity index is 588. The van der Waals surface area contributed by atoms with Gasteiger partial charge in [-0.3, -0.25) is 0 Å². The van der Waals surface area contributed by atoms with Crippen LogP contribution in [0.25, 0.3) is 0 Å². The molecule has 1 N–H and O–H groups in total. The number of halogens is 2. The van der Waals surface area contributed by atoms with E-state index in [9.17, 15) is 4.39 Å². The summed E-state index contributed by atoms with van der Waals surface area (Å²) in [6.07, 6.45) is 0.765.